The largest absolute Gasteiger partial charge is 0.311 e. The summed E-state index contributed by atoms with van der Waals surface area (Å²) in [6.45, 7) is 5.16. The predicted octanol–water partition coefficient (Wildman–Crippen LogP) is 6.46. The number of thioether (sulfide) groups is 1. The zero-order chi connectivity index (χ0) is 23.2. The van der Waals surface area contributed by atoms with Crippen molar-refractivity contribution in [1.29, 1.82) is 0 Å². The van der Waals surface area contributed by atoms with Crippen molar-refractivity contribution in [3.63, 3.8) is 0 Å². The number of thiophene rings is 1. The van der Waals surface area contributed by atoms with E-state index in [2.05, 4.69) is 57.4 Å². The van der Waals surface area contributed by atoms with Gasteiger partial charge in [0.15, 0.2) is 11.0 Å². The maximum Gasteiger partial charge on any atom is 0.240 e. The van der Waals surface area contributed by atoms with Crippen LogP contribution in [0.1, 0.15) is 57.6 Å². The first-order valence-corrected chi connectivity index (χ1v) is 14.4. The molecule has 178 valence electrons. The molecule has 0 radical (unpaired) electrons. The first-order chi connectivity index (χ1) is 16.6. The standard InChI is InChI=1S/C27H32N4OS2/c1-17(22-16-19-11-12-21(22)15-19)31-25(24-10-6-14-33-24)28-29-27(31)34-18(2)26(32)30-13-5-8-20-7-3-4-9-23(20)30/h3-4,6-7,9-10,14,17-19,21-22H,5,8,11-13,15-16H2,1-2H3/t17-,18-,19-,21-,22-/m0/s1. The molecule has 1 aromatic carbocycles. The monoisotopic (exact) mass is 492 g/mol. The molecule has 0 spiro atoms. The number of fused-ring (bicyclic) bond motifs is 3. The van der Waals surface area contributed by atoms with E-state index in [1.807, 2.05) is 17.9 Å². The van der Waals surface area contributed by atoms with Crippen LogP contribution >= 0.6 is 23.1 Å². The Morgan fingerprint density at radius 2 is 2.00 bits per heavy atom. The Morgan fingerprint density at radius 3 is 2.76 bits per heavy atom. The third kappa shape index (κ3) is 3.91. The first kappa shape index (κ1) is 22.4. The van der Waals surface area contributed by atoms with E-state index in [9.17, 15) is 4.79 Å². The van der Waals surface area contributed by atoms with Gasteiger partial charge >= 0.3 is 0 Å². The van der Waals surface area contributed by atoms with E-state index in [1.54, 1.807) is 23.1 Å². The fourth-order valence-electron chi connectivity index (χ4n) is 6.57. The van der Waals surface area contributed by atoms with Crippen LogP contribution in [-0.4, -0.2) is 32.5 Å². The van der Waals surface area contributed by atoms with E-state index in [1.165, 1.54) is 31.2 Å². The van der Waals surface area contributed by atoms with Gasteiger partial charge < -0.3 is 4.90 Å². The van der Waals surface area contributed by atoms with Gasteiger partial charge in [0.1, 0.15) is 0 Å². The molecule has 1 aliphatic heterocycles. The van der Waals surface area contributed by atoms with Crippen LogP contribution in [0.25, 0.3) is 10.7 Å². The van der Waals surface area contributed by atoms with Gasteiger partial charge in [0, 0.05) is 18.3 Å². The van der Waals surface area contributed by atoms with E-state index >= 15 is 0 Å². The van der Waals surface area contributed by atoms with Crippen molar-refractivity contribution >= 4 is 34.7 Å². The number of hydrogen-bond donors (Lipinski definition) is 0. The van der Waals surface area contributed by atoms with Crippen LogP contribution in [0.15, 0.2) is 46.9 Å². The van der Waals surface area contributed by atoms with Gasteiger partial charge in [0.05, 0.1) is 10.1 Å². The lowest BCUT2D eigenvalue weighted by molar-refractivity contribution is -0.117. The van der Waals surface area contributed by atoms with Crippen LogP contribution in [0.2, 0.25) is 0 Å². The minimum absolute atomic E-state index is 0.164. The van der Waals surface area contributed by atoms with Crippen molar-refractivity contribution in [2.24, 2.45) is 17.8 Å². The average molecular weight is 493 g/mol. The molecule has 7 heteroatoms. The molecular formula is C27H32N4OS2. The topological polar surface area (TPSA) is 51.0 Å². The Bertz CT molecular complexity index is 1170. The van der Waals surface area contributed by atoms with E-state index in [-0.39, 0.29) is 11.2 Å². The molecule has 3 aliphatic rings. The second kappa shape index (κ2) is 9.15. The van der Waals surface area contributed by atoms with Crippen LogP contribution in [-0.2, 0) is 11.2 Å². The molecule has 3 heterocycles. The maximum absolute atomic E-state index is 13.6. The highest BCUT2D eigenvalue weighted by atomic mass is 32.2. The number of amides is 1. The molecule has 3 aromatic rings. The molecule has 0 N–H and O–H groups in total. The predicted molar refractivity (Wildman–Crippen MR) is 139 cm³/mol. The van der Waals surface area contributed by atoms with Crippen LogP contribution in [0.4, 0.5) is 5.69 Å². The normalized spacial score (nSPS) is 25.4. The lowest BCUT2D eigenvalue weighted by Crippen LogP contribution is -2.40. The summed E-state index contributed by atoms with van der Waals surface area (Å²) in [5.74, 6) is 3.51. The number of rotatable bonds is 6. The second-order valence-electron chi connectivity index (χ2n) is 10.2. The quantitative estimate of drug-likeness (QED) is 0.370. The summed E-state index contributed by atoms with van der Waals surface area (Å²) < 4.78 is 2.36. The van der Waals surface area contributed by atoms with Crippen molar-refractivity contribution in [3.05, 3.63) is 47.3 Å². The molecule has 2 saturated carbocycles. The molecule has 5 atom stereocenters. The molecular weight excluding hydrogens is 460 g/mol. The molecule has 34 heavy (non-hydrogen) atoms. The Kier molecular flexibility index (Phi) is 6.02. The first-order valence-electron chi connectivity index (χ1n) is 12.6. The minimum atomic E-state index is -0.225. The summed E-state index contributed by atoms with van der Waals surface area (Å²) in [4.78, 5) is 16.7. The summed E-state index contributed by atoms with van der Waals surface area (Å²) in [7, 11) is 0. The molecule has 6 rings (SSSR count). The number of nitrogens with zero attached hydrogens (tertiary/aromatic N) is 4. The number of para-hydroxylation sites is 1. The fraction of sp³-hybridized carbons (Fsp3) is 0.519. The van der Waals surface area contributed by atoms with Gasteiger partial charge in [-0.25, -0.2) is 0 Å². The summed E-state index contributed by atoms with van der Waals surface area (Å²) in [6.07, 6.45) is 7.52. The number of carbonyl (C=O) groups excluding carboxylic acids is 1. The molecule has 0 saturated heterocycles. The van der Waals surface area contributed by atoms with E-state index in [0.29, 0.717) is 12.0 Å². The second-order valence-corrected chi connectivity index (χ2v) is 12.5. The smallest absolute Gasteiger partial charge is 0.240 e. The Morgan fingerprint density at radius 1 is 1.12 bits per heavy atom. The fourth-order valence-corrected chi connectivity index (χ4v) is 8.27. The molecule has 2 aromatic heterocycles. The molecule has 5 nitrogen and oxygen atoms in total. The van der Waals surface area contributed by atoms with Gasteiger partial charge in [0.25, 0.3) is 0 Å². The lowest BCUT2D eigenvalue weighted by atomic mass is 9.84. The van der Waals surface area contributed by atoms with Gasteiger partial charge in [-0.2, -0.15) is 0 Å². The van der Waals surface area contributed by atoms with E-state index in [0.717, 1.165) is 52.8 Å². The maximum atomic E-state index is 13.6. The van der Waals surface area contributed by atoms with E-state index < -0.39 is 0 Å². The molecule has 2 bridgehead atoms. The van der Waals surface area contributed by atoms with Crippen LogP contribution in [0.3, 0.4) is 0 Å². The number of aromatic nitrogens is 3. The summed E-state index contributed by atoms with van der Waals surface area (Å²) in [5.41, 5.74) is 2.34. The SMILES string of the molecule is C[C@H](Sc1nnc(-c2cccs2)n1[C@@H](C)[C@@H]1C[C@H]2CC[C@H]1C2)C(=O)N1CCCc2ccccc21. The van der Waals surface area contributed by atoms with Gasteiger partial charge in [-0.1, -0.05) is 42.4 Å². The number of aryl methyl sites for hydroxylation is 1. The Labute approximate surface area is 210 Å². The van der Waals surface area contributed by atoms with Gasteiger partial charge in [-0.15, -0.1) is 21.5 Å². The molecule has 1 amide bonds. The van der Waals surface area contributed by atoms with Gasteiger partial charge in [-0.05, 0) is 86.8 Å². The van der Waals surface area contributed by atoms with Crippen LogP contribution < -0.4 is 4.90 Å². The Balaban J connectivity index is 1.29. The minimum Gasteiger partial charge on any atom is -0.311 e. The van der Waals surface area contributed by atoms with Crippen molar-refractivity contribution in [1.82, 2.24) is 14.8 Å². The molecule has 2 fully saturated rings. The number of benzene rings is 1. The van der Waals surface area contributed by atoms with Crippen molar-refractivity contribution in [2.75, 3.05) is 11.4 Å². The Hall–Kier alpha value is -2.12. The highest BCUT2D eigenvalue weighted by Crippen LogP contribution is 2.53. The zero-order valence-corrected chi connectivity index (χ0v) is 21.5. The average Bonchev–Trinajstić information content (AvgIpc) is 3.67. The van der Waals surface area contributed by atoms with Gasteiger partial charge in [0.2, 0.25) is 5.91 Å². The molecule has 2 aliphatic carbocycles. The van der Waals surface area contributed by atoms with Crippen LogP contribution in [0, 0.1) is 17.8 Å². The highest BCUT2D eigenvalue weighted by molar-refractivity contribution is 8.00. The molecule has 0 unspecified atom stereocenters. The van der Waals surface area contributed by atoms with E-state index in [4.69, 9.17) is 0 Å². The van der Waals surface area contributed by atoms with Crippen molar-refractivity contribution in [3.8, 4) is 10.7 Å². The number of carbonyl (C=O) groups is 1. The zero-order valence-electron chi connectivity index (χ0n) is 19.9. The number of hydrogen-bond acceptors (Lipinski definition) is 5. The highest BCUT2D eigenvalue weighted by Gasteiger charge is 2.43. The van der Waals surface area contributed by atoms with Crippen molar-refractivity contribution in [2.45, 2.75) is 68.8 Å². The van der Waals surface area contributed by atoms with Crippen molar-refractivity contribution < 1.29 is 4.79 Å². The van der Waals surface area contributed by atoms with Gasteiger partial charge in [-0.3, -0.25) is 9.36 Å². The number of anilines is 1. The third-order valence-corrected chi connectivity index (χ3v) is 10.1. The van der Waals surface area contributed by atoms with Crippen LogP contribution in [0.5, 0.6) is 0 Å². The summed E-state index contributed by atoms with van der Waals surface area (Å²) >= 11 is 3.29. The summed E-state index contributed by atoms with van der Waals surface area (Å²) in [6, 6.07) is 12.9. The lowest BCUT2D eigenvalue weighted by Gasteiger charge is -2.32. The third-order valence-electron chi connectivity index (χ3n) is 8.23. The summed E-state index contributed by atoms with van der Waals surface area (Å²) in [5, 5.41) is 12.1.